The van der Waals surface area contributed by atoms with E-state index in [2.05, 4.69) is 39.2 Å². The van der Waals surface area contributed by atoms with Gasteiger partial charge in [0.05, 0.1) is 12.2 Å². The number of aliphatic hydroxyl groups excluding tert-OH is 1. The van der Waals surface area contributed by atoms with Gasteiger partial charge in [-0.25, -0.2) is 0 Å². The summed E-state index contributed by atoms with van der Waals surface area (Å²) in [4.78, 5) is 0. The third-order valence-electron chi connectivity index (χ3n) is 4.28. The van der Waals surface area contributed by atoms with Gasteiger partial charge in [-0.3, -0.25) is 0 Å². The Hall–Kier alpha value is 0.0569. The fraction of sp³-hybridized carbons (Fsp3) is 1.00. The normalized spacial score (nSPS) is 27.5. The highest BCUT2D eigenvalue weighted by Gasteiger charge is 2.40. The first kappa shape index (κ1) is 16.1. The van der Waals surface area contributed by atoms with Gasteiger partial charge in [-0.15, -0.1) is 0 Å². The Morgan fingerprint density at radius 3 is 2.56 bits per heavy atom. The maximum absolute atomic E-state index is 9.57. The van der Waals surface area contributed by atoms with Crippen LogP contribution in [0.3, 0.4) is 0 Å². The molecule has 4 N–H and O–H groups in total. The van der Waals surface area contributed by atoms with E-state index in [0.717, 1.165) is 19.4 Å². The van der Waals surface area contributed by atoms with Gasteiger partial charge in [0.15, 0.2) is 8.32 Å². The summed E-state index contributed by atoms with van der Waals surface area (Å²) >= 11 is 0. The summed E-state index contributed by atoms with van der Waals surface area (Å²) in [5.74, 6) is 0. The van der Waals surface area contributed by atoms with Gasteiger partial charge in [0.1, 0.15) is 0 Å². The molecule has 1 rings (SSSR count). The van der Waals surface area contributed by atoms with Gasteiger partial charge in [-0.05, 0) is 31.0 Å². The summed E-state index contributed by atoms with van der Waals surface area (Å²) < 4.78 is 6.37. The van der Waals surface area contributed by atoms with Crippen LogP contribution in [-0.4, -0.2) is 44.8 Å². The lowest BCUT2D eigenvalue weighted by Crippen LogP contribution is -2.44. The predicted octanol–water partition coefficient (Wildman–Crippen LogP) is 1.45. The smallest absolute Gasteiger partial charge is 0.192 e. The molecule has 1 aliphatic rings. The standard InChI is InChI=1S/C13H30N2O2Si/c1-13(2,3)18(4,5)17-12-7-10(15-9-12)6-11(16)8-14/h10-12,15-16H,6-9,14H2,1-5H3/t10-,11+,12-/m1/s1. The summed E-state index contributed by atoms with van der Waals surface area (Å²) in [6.45, 7) is 12.6. The summed E-state index contributed by atoms with van der Waals surface area (Å²) in [6.07, 6.45) is 1.62. The predicted molar refractivity (Wildman–Crippen MR) is 78.2 cm³/mol. The van der Waals surface area contributed by atoms with Crippen molar-refractivity contribution in [1.82, 2.24) is 5.32 Å². The zero-order chi connectivity index (χ0) is 14.0. The monoisotopic (exact) mass is 274 g/mol. The molecule has 1 aliphatic heterocycles. The van der Waals surface area contributed by atoms with Crippen LogP contribution in [0.15, 0.2) is 0 Å². The van der Waals surface area contributed by atoms with Crippen LogP contribution < -0.4 is 11.1 Å². The molecule has 0 radical (unpaired) electrons. The molecule has 0 amide bonds. The quantitative estimate of drug-likeness (QED) is 0.664. The van der Waals surface area contributed by atoms with Crippen LogP contribution in [-0.2, 0) is 4.43 Å². The van der Waals surface area contributed by atoms with E-state index in [-0.39, 0.29) is 5.04 Å². The van der Waals surface area contributed by atoms with Crippen molar-refractivity contribution in [3.8, 4) is 0 Å². The number of hydrogen-bond acceptors (Lipinski definition) is 4. The largest absolute Gasteiger partial charge is 0.413 e. The molecule has 0 aromatic heterocycles. The molecule has 108 valence electrons. The van der Waals surface area contributed by atoms with Crippen LogP contribution in [0.2, 0.25) is 18.1 Å². The van der Waals surface area contributed by atoms with E-state index in [4.69, 9.17) is 10.2 Å². The van der Waals surface area contributed by atoms with Crippen molar-refractivity contribution in [3.05, 3.63) is 0 Å². The van der Waals surface area contributed by atoms with E-state index >= 15 is 0 Å². The molecule has 3 atom stereocenters. The zero-order valence-electron chi connectivity index (χ0n) is 12.5. The molecule has 18 heavy (non-hydrogen) atoms. The van der Waals surface area contributed by atoms with E-state index < -0.39 is 14.4 Å². The van der Waals surface area contributed by atoms with Gasteiger partial charge in [-0.2, -0.15) is 0 Å². The van der Waals surface area contributed by atoms with Gasteiger partial charge < -0.3 is 20.6 Å². The lowest BCUT2D eigenvalue weighted by molar-refractivity contribution is 0.154. The molecule has 0 aliphatic carbocycles. The molecule has 0 saturated carbocycles. The third kappa shape index (κ3) is 4.31. The number of nitrogens with two attached hydrogens (primary N) is 1. The molecule has 1 saturated heterocycles. The summed E-state index contributed by atoms with van der Waals surface area (Å²) in [6, 6.07) is 0.346. The van der Waals surface area contributed by atoms with Crippen molar-refractivity contribution in [2.24, 2.45) is 5.73 Å². The highest BCUT2D eigenvalue weighted by atomic mass is 28.4. The zero-order valence-corrected chi connectivity index (χ0v) is 13.5. The van der Waals surface area contributed by atoms with Crippen LogP contribution in [0.5, 0.6) is 0 Å². The van der Waals surface area contributed by atoms with E-state index in [1.165, 1.54) is 0 Å². The van der Waals surface area contributed by atoms with Gasteiger partial charge in [0.25, 0.3) is 0 Å². The number of aliphatic hydroxyl groups is 1. The van der Waals surface area contributed by atoms with Crippen LogP contribution in [0.25, 0.3) is 0 Å². The van der Waals surface area contributed by atoms with Crippen molar-refractivity contribution < 1.29 is 9.53 Å². The Balaban J connectivity index is 2.43. The second-order valence-corrected chi connectivity index (χ2v) is 11.7. The van der Waals surface area contributed by atoms with Crippen molar-refractivity contribution in [2.45, 2.75) is 70.0 Å². The Kier molecular flexibility index (Phi) is 5.38. The van der Waals surface area contributed by atoms with Gasteiger partial charge in [0, 0.05) is 19.1 Å². The summed E-state index contributed by atoms with van der Waals surface area (Å²) in [5, 5.41) is 13.2. The molecular weight excluding hydrogens is 244 g/mol. The Morgan fingerprint density at radius 1 is 1.44 bits per heavy atom. The van der Waals surface area contributed by atoms with E-state index in [0.29, 0.717) is 18.7 Å². The van der Waals surface area contributed by atoms with Crippen LogP contribution >= 0.6 is 0 Å². The van der Waals surface area contributed by atoms with Crippen LogP contribution in [0.1, 0.15) is 33.6 Å². The molecule has 0 spiro atoms. The number of rotatable bonds is 5. The van der Waals surface area contributed by atoms with E-state index in [1.54, 1.807) is 0 Å². The fourth-order valence-electron chi connectivity index (χ4n) is 2.07. The average Bonchev–Trinajstić information content (AvgIpc) is 2.62. The highest BCUT2D eigenvalue weighted by molar-refractivity contribution is 6.74. The van der Waals surface area contributed by atoms with Gasteiger partial charge in [-0.1, -0.05) is 20.8 Å². The molecule has 0 aromatic carbocycles. The maximum Gasteiger partial charge on any atom is 0.192 e. The Labute approximate surface area is 112 Å². The second-order valence-electron chi connectivity index (χ2n) is 6.97. The maximum atomic E-state index is 9.57. The molecule has 4 nitrogen and oxygen atoms in total. The molecule has 0 aromatic rings. The Bertz CT molecular complexity index is 266. The van der Waals surface area contributed by atoms with Crippen molar-refractivity contribution >= 4 is 8.32 Å². The molecule has 0 bridgehead atoms. The van der Waals surface area contributed by atoms with Crippen LogP contribution in [0.4, 0.5) is 0 Å². The minimum Gasteiger partial charge on any atom is -0.413 e. The molecular formula is C13H30N2O2Si. The molecule has 1 heterocycles. The van der Waals surface area contributed by atoms with E-state index in [1.807, 2.05) is 0 Å². The third-order valence-corrected chi connectivity index (χ3v) is 8.81. The topological polar surface area (TPSA) is 67.5 Å². The summed E-state index contributed by atoms with van der Waals surface area (Å²) in [5.41, 5.74) is 5.44. The Morgan fingerprint density at radius 2 is 2.06 bits per heavy atom. The summed E-state index contributed by atoms with van der Waals surface area (Å²) in [7, 11) is -1.67. The number of nitrogens with one attached hydrogen (secondary N) is 1. The first-order valence-corrected chi connectivity index (χ1v) is 9.86. The van der Waals surface area contributed by atoms with Crippen molar-refractivity contribution in [3.63, 3.8) is 0 Å². The number of hydrogen-bond donors (Lipinski definition) is 3. The molecule has 5 heteroatoms. The molecule has 1 fully saturated rings. The second kappa shape index (κ2) is 6.01. The molecule has 0 unspecified atom stereocenters. The fourth-order valence-corrected chi connectivity index (χ4v) is 3.44. The minimum absolute atomic E-state index is 0.252. The lowest BCUT2D eigenvalue weighted by Gasteiger charge is -2.38. The highest BCUT2D eigenvalue weighted by Crippen LogP contribution is 2.38. The lowest BCUT2D eigenvalue weighted by atomic mass is 10.1. The SMILES string of the molecule is CC(C)(C)[Si](C)(C)O[C@H]1CN[C@H](C[C@H](O)CN)C1. The average molecular weight is 274 g/mol. The van der Waals surface area contributed by atoms with E-state index in [9.17, 15) is 5.11 Å². The van der Waals surface area contributed by atoms with Crippen LogP contribution in [0, 0.1) is 0 Å². The van der Waals surface area contributed by atoms with Crippen molar-refractivity contribution in [1.29, 1.82) is 0 Å². The van der Waals surface area contributed by atoms with Crippen molar-refractivity contribution in [2.75, 3.05) is 13.1 Å². The first-order chi connectivity index (χ1) is 8.15. The van der Waals surface area contributed by atoms with Gasteiger partial charge >= 0.3 is 0 Å². The minimum atomic E-state index is -1.67. The van der Waals surface area contributed by atoms with Gasteiger partial charge in [0.2, 0.25) is 0 Å². The first-order valence-electron chi connectivity index (χ1n) is 6.95.